The molecule has 5 nitrogen and oxygen atoms in total. The van der Waals surface area contributed by atoms with Gasteiger partial charge in [-0.05, 0) is 37.5 Å². The summed E-state index contributed by atoms with van der Waals surface area (Å²) in [5, 5.41) is 10.1. The van der Waals surface area contributed by atoms with Crippen molar-refractivity contribution in [3.8, 4) is 11.5 Å². The molecule has 1 heterocycles. The van der Waals surface area contributed by atoms with E-state index in [2.05, 4.69) is 4.98 Å². The zero-order chi connectivity index (χ0) is 15.9. The number of carboxylic acids is 1. The average Bonchev–Trinajstić information content (AvgIpc) is 3.23. The minimum atomic E-state index is -0.913. The topological polar surface area (TPSA) is 68.7 Å². The molecule has 1 saturated carbocycles. The summed E-state index contributed by atoms with van der Waals surface area (Å²) >= 11 is 1.27. The molecule has 1 N–H and O–H groups in total. The van der Waals surface area contributed by atoms with Gasteiger partial charge in [0, 0.05) is 5.41 Å². The molecule has 0 bridgehead atoms. The van der Waals surface area contributed by atoms with Gasteiger partial charge in [-0.15, -0.1) is 11.3 Å². The number of thiazole rings is 1. The Kier molecular flexibility index (Phi) is 3.56. The third kappa shape index (κ3) is 2.23. The number of nitrogens with zero attached hydrogens (tertiary/aromatic N) is 1. The van der Waals surface area contributed by atoms with Crippen molar-refractivity contribution in [3.63, 3.8) is 0 Å². The largest absolute Gasteiger partial charge is 0.493 e. The van der Waals surface area contributed by atoms with Crippen molar-refractivity contribution in [3.05, 3.63) is 39.3 Å². The Hall–Kier alpha value is -2.08. The average molecular weight is 319 g/mol. The molecule has 0 amide bonds. The summed E-state index contributed by atoms with van der Waals surface area (Å²) in [6, 6.07) is 5.85. The van der Waals surface area contributed by atoms with Crippen molar-refractivity contribution in [2.24, 2.45) is 0 Å². The van der Waals surface area contributed by atoms with Crippen molar-refractivity contribution in [2.45, 2.75) is 25.2 Å². The first-order valence-corrected chi connectivity index (χ1v) is 7.77. The van der Waals surface area contributed by atoms with Crippen LogP contribution < -0.4 is 9.47 Å². The number of aryl methyl sites for hydroxylation is 1. The van der Waals surface area contributed by atoms with Crippen molar-refractivity contribution in [1.82, 2.24) is 4.98 Å². The molecule has 0 radical (unpaired) electrons. The van der Waals surface area contributed by atoms with Crippen LogP contribution in [0.5, 0.6) is 11.5 Å². The summed E-state index contributed by atoms with van der Waals surface area (Å²) in [5.41, 5.74) is 1.50. The van der Waals surface area contributed by atoms with E-state index in [4.69, 9.17) is 9.47 Å². The molecule has 1 aliphatic rings. The minimum absolute atomic E-state index is 0.178. The predicted molar refractivity (Wildman–Crippen MR) is 83.4 cm³/mol. The van der Waals surface area contributed by atoms with Gasteiger partial charge < -0.3 is 14.6 Å². The number of ether oxygens (including phenoxy) is 2. The maximum atomic E-state index is 11.2. The van der Waals surface area contributed by atoms with Gasteiger partial charge in [0.1, 0.15) is 9.88 Å². The molecule has 0 unspecified atom stereocenters. The summed E-state index contributed by atoms with van der Waals surface area (Å²) in [6.07, 6.45) is 1.93. The van der Waals surface area contributed by atoms with E-state index in [1.54, 1.807) is 21.1 Å². The highest BCUT2D eigenvalue weighted by molar-refractivity contribution is 7.14. The van der Waals surface area contributed by atoms with Crippen LogP contribution in [0, 0.1) is 6.92 Å². The lowest BCUT2D eigenvalue weighted by molar-refractivity contribution is 0.0701. The van der Waals surface area contributed by atoms with E-state index in [0.29, 0.717) is 22.1 Å². The third-order valence-corrected chi connectivity index (χ3v) is 5.44. The third-order valence-electron chi connectivity index (χ3n) is 4.09. The van der Waals surface area contributed by atoms with Crippen molar-refractivity contribution >= 4 is 17.3 Å². The molecule has 0 atom stereocenters. The van der Waals surface area contributed by atoms with Gasteiger partial charge in [0.25, 0.3) is 0 Å². The minimum Gasteiger partial charge on any atom is -0.493 e. The van der Waals surface area contributed by atoms with Crippen LogP contribution in [-0.4, -0.2) is 30.3 Å². The highest BCUT2D eigenvalue weighted by Crippen LogP contribution is 2.55. The van der Waals surface area contributed by atoms with Crippen LogP contribution in [0.4, 0.5) is 0 Å². The summed E-state index contributed by atoms with van der Waals surface area (Å²) in [4.78, 5) is 16.1. The number of rotatable bonds is 5. The summed E-state index contributed by atoms with van der Waals surface area (Å²) < 4.78 is 10.6. The number of aromatic carboxylic acids is 1. The molecule has 1 aromatic heterocycles. The van der Waals surface area contributed by atoms with Crippen LogP contribution in [0.2, 0.25) is 0 Å². The van der Waals surface area contributed by atoms with Crippen LogP contribution in [-0.2, 0) is 5.41 Å². The van der Waals surface area contributed by atoms with E-state index in [-0.39, 0.29) is 5.41 Å². The number of carboxylic acid groups (broad SMARTS) is 1. The van der Waals surface area contributed by atoms with E-state index < -0.39 is 5.97 Å². The normalized spacial score (nSPS) is 15.4. The van der Waals surface area contributed by atoms with Crippen LogP contribution in [0.1, 0.15) is 38.8 Å². The number of methoxy groups -OCH3 is 2. The second kappa shape index (κ2) is 5.28. The first kappa shape index (κ1) is 14.8. The molecule has 1 aromatic carbocycles. The summed E-state index contributed by atoms with van der Waals surface area (Å²) in [6.45, 7) is 1.74. The lowest BCUT2D eigenvalue weighted by Gasteiger charge is -2.15. The van der Waals surface area contributed by atoms with Crippen molar-refractivity contribution in [1.29, 1.82) is 0 Å². The molecule has 22 heavy (non-hydrogen) atoms. The van der Waals surface area contributed by atoms with Crippen LogP contribution in [0.3, 0.4) is 0 Å². The standard InChI is InChI=1S/C16H17NO4S/c1-9-13(14(18)19)22-15(17-9)16(6-7-16)10-4-5-11(20-2)12(8-10)21-3/h4-5,8H,6-7H2,1-3H3,(H,18,19). The number of hydrogen-bond donors (Lipinski definition) is 1. The summed E-state index contributed by atoms with van der Waals surface area (Å²) in [7, 11) is 3.21. The Morgan fingerprint density at radius 3 is 2.45 bits per heavy atom. The zero-order valence-electron chi connectivity index (χ0n) is 12.7. The second-order valence-corrected chi connectivity index (χ2v) is 6.39. The first-order chi connectivity index (χ1) is 10.5. The van der Waals surface area contributed by atoms with Gasteiger partial charge in [-0.3, -0.25) is 0 Å². The summed E-state index contributed by atoms with van der Waals surface area (Å²) in [5.74, 6) is 0.450. The Balaban J connectivity index is 2.04. The van der Waals surface area contributed by atoms with E-state index in [1.165, 1.54) is 11.3 Å². The fraction of sp³-hybridized carbons (Fsp3) is 0.375. The lowest BCUT2D eigenvalue weighted by atomic mass is 9.96. The molecule has 0 saturated heterocycles. The monoisotopic (exact) mass is 319 g/mol. The van der Waals surface area contributed by atoms with E-state index in [0.717, 1.165) is 23.4 Å². The fourth-order valence-corrected chi connectivity index (χ4v) is 3.86. The van der Waals surface area contributed by atoms with E-state index in [1.807, 2.05) is 18.2 Å². The van der Waals surface area contributed by atoms with Gasteiger partial charge in [-0.1, -0.05) is 6.07 Å². The predicted octanol–water partition coefficient (Wildman–Crippen LogP) is 3.25. The molecule has 0 spiro atoms. The Morgan fingerprint density at radius 2 is 1.95 bits per heavy atom. The smallest absolute Gasteiger partial charge is 0.347 e. The van der Waals surface area contributed by atoms with Gasteiger partial charge in [0.2, 0.25) is 0 Å². The van der Waals surface area contributed by atoms with Gasteiger partial charge >= 0.3 is 5.97 Å². The Bertz CT molecular complexity index is 734. The van der Waals surface area contributed by atoms with Crippen molar-refractivity contribution in [2.75, 3.05) is 14.2 Å². The van der Waals surface area contributed by atoms with Gasteiger partial charge in [-0.25, -0.2) is 9.78 Å². The van der Waals surface area contributed by atoms with Crippen LogP contribution in [0.25, 0.3) is 0 Å². The molecule has 0 aliphatic heterocycles. The SMILES string of the molecule is COc1ccc(C2(c3nc(C)c(C(=O)O)s3)CC2)cc1OC. The maximum Gasteiger partial charge on any atom is 0.347 e. The molecule has 1 aliphatic carbocycles. The second-order valence-electron chi connectivity index (χ2n) is 5.39. The first-order valence-electron chi connectivity index (χ1n) is 6.95. The fourth-order valence-electron chi connectivity index (χ4n) is 2.68. The highest BCUT2D eigenvalue weighted by atomic mass is 32.1. The van der Waals surface area contributed by atoms with Crippen LogP contribution >= 0.6 is 11.3 Å². The number of carbonyl (C=O) groups is 1. The Labute approximate surface area is 132 Å². The molecule has 3 rings (SSSR count). The maximum absolute atomic E-state index is 11.2. The number of benzene rings is 1. The van der Waals surface area contributed by atoms with E-state index >= 15 is 0 Å². The number of hydrogen-bond acceptors (Lipinski definition) is 5. The highest BCUT2D eigenvalue weighted by Gasteiger charge is 2.49. The zero-order valence-corrected chi connectivity index (χ0v) is 13.5. The quantitative estimate of drug-likeness (QED) is 0.916. The molecule has 2 aromatic rings. The lowest BCUT2D eigenvalue weighted by Crippen LogP contribution is -2.08. The molecule has 1 fully saturated rings. The number of aromatic nitrogens is 1. The van der Waals surface area contributed by atoms with Gasteiger partial charge in [0.15, 0.2) is 11.5 Å². The molecule has 6 heteroatoms. The van der Waals surface area contributed by atoms with Crippen molar-refractivity contribution < 1.29 is 19.4 Å². The van der Waals surface area contributed by atoms with Gasteiger partial charge in [0.05, 0.1) is 19.9 Å². The Morgan fingerprint density at radius 1 is 1.27 bits per heavy atom. The molecular weight excluding hydrogens is 302 g/mol. The van der Waals surface area contributed by atoms with Gasteiger partial charge in [-0.2, -0.15) is 0 Å². The van der Waals surface area contributed by atoms with E-state index in [9.17, 15) is 9.90 Å². The molecule has 116 valence electrons. The van der Waals surface area contributed by atoms with Crippen LogP contribution in [0.15, 0.2) is 18.2 Å². The molecular formula is C16H17NO4S.